The number of rotatable bonds is 5. The van der Waals surface area contributed by atoms with Crippen LogP contribution < -0.4 is 20.3 Å². The van der Waals surface area contributed by atoms with E-state index in [1.54, 1.807) is 13.3 Å². The fourth-order valence-electron chi connectivity index (χ4n) is 3.70. The van der Waals surface area contributed by atoms with Gasteiger partial charge in [0.15, 0.2) is 0 Å². The monoisotopic (exact) mass is 398 g/mol. The van der Waals surface area contributed by atoms with E-state index in [0.717, 1.165) is 52.6 Å². The van der Waals surface area contributed by atoms with E-state index in [4.69, 9.17) is 14.7 Å². The van der Waals surface area contributed by atoms with Gasteiger partial charge in [-0.3, -0.25) is 4.98 Å². The summed E-state index contributed by atoms with van der Waals surface area (Å²) in [6, 6.07) is 20.0. The third kappa shape index (κ3) is 3.34. The van der Waals surface area contributed by atoms with Gasteiger partial charge >= 0.3 is 0 Å². The van der Waals surface area contributed by atoms with Crippen molar-refractivity contribution in [2.45, 2.75) is 6.54 Å². The summed E-state index contributed by atoms with van der Waals surface area (Å²) in [5, 5.41) is 7.80. The Morgan fingerprint density at radius 2 is 1.93 bits per heavy atom. The number of nitrogens with zero attached hydrogens (tertiary/aromatic N) is 4. The summed E-state index contributed by atoms with van der Waals surface area (Å²) in [7, 11) is 1.66. The Bertz CT molecular complexity index is 1180. The van der Waals surface area contributed by atoms with Gasteiger partial charge in [-0.2, -0.15) is 4.98 Å². The van der Waals surface area contributed by atoms with Crippen molar-refractivity contribution in [1.29, 1.82) is 0 Å². The molecule has 0 aliphatic carbocycles. The van der Waals surface area contributed by atoms with Crippen molar-refractivity contribution in [1.82, 2.24) is 15.0 Å². The molecule has 0 saturated carbocycles. The van der Waals surface area contributed by atoms with Crippen molar-refractivity contribution in [3.63, 3.8) is 0 Å². The number of aromatic nitrogens is 3. The molecule has 30 heavy (non-hydrogen) atoms. The van der Waals surface area contributed by atoms with Crippen LogP contribution in [0.3, 0.4) is 0 Å². The molecule has 0 spiro atoms. The van der Waals surface area contributed by atoms with E-state index in [1.165, 1.54) is 0 Å². The second kappa shape index (κ2) is 7.87. The lowest BCUT2D eigenvalue weighted by Gasteiger charge is -2.30. The van der Waals surface area contributed by atoms with E-state index < -0.39 is 0 Å². The molecule has 7 heteroatoms. The maximum absolute atomic E-state index is 5.60. The van der Waals surface area contributed by atoms with Gasteiger partial charge in [-0.25, -0.2) is 4.98 Å². The fourth-order valence-corrected chi connectivity index (χ4v) is 3.70. The van der Waals surface area contributed by atoms with Crippen molar-refractivity contribution in [3.8, 4) is 5.75 Å². The topological polar surface area (TPSA) is 75.2 Å². The number of benzene rings is 2. The predicted octanol–water partition coefficient (Wildman–Crippen LogP) is 4.21. The van der Waals surface area contributed by atoms with Crippen LogP contribution in [0.2, 0.25) is 0 Å². The van der Waals surface area contributed by atoms with Crippen LogP contribution in [0, 0.1) is 0 Å². The number of nitrogens with one attached hydrogen (secondary N) is 2. The number of anilines is 4. The van der Waals surface area contributed by atoms with Gasteiger partial charge in [-0.1, -0.05) is 24.3 Å². The first-order valence-corrected chi connectivity index (χ1v) is 9.92. The van der Waals surface area contributed by atoms with Crippen molar-refractivity contribution >= 4 is 34.0 Å². The number of pyridine rings is 1. The van der Waals surface area contributed by atoms with Crippen LogP contribution in [-0.4, -0.2) is 35.2 Å². The summed E-state index contributed by atoms with van der Waals surface area (Å²) >= 11 is 0. The lowest BCUT2D eigenvalue weighted by molar-refractivity contribution is 0.419. The highest BCUT2D eigenvalue weighted by Gasteiger charge is 2.22. The number of fused-ring (bicyclic) bond motifs is 2. The van der Waals surface area contributed by atoms with Gasteiger partial charge < -0.3 is 20.3 Å². The molecule has 2 aromatic heterocycles. The zero-order chi connectivity index (χ0) is 20.3. The van der Waals surface area contributed by atoms with Crippen molar-refractivity contribution < 1.29 is 4.74 Å². The summed E-state index contributed by atoms with van der Waals surface area (Å²) in [5.74, 6) is 2.13. The Hall–Kier alpha value is -3.87. The summed E-state index contributed by atoms with van der Waals surface area (Å²) in [5.41, 5.74) is 3.87. The van der Waals surface area contributed by atoms with Gasteiger partial charge in [0, 0.05) is 24.7 Å². The standard InChI is InChI=1S/C23H22N6O/c1-30-20-11-6-8-17-21(20)27-23(28-22(17)26-15-16-7-4-5-12-24-16)29-14-13-25-18-9-2-3-10-19(18)29/h2-12,25H,13-15H2,1H3,(H,26,27,28). The zero-order valence-electron chi connectivity index (χ0n) is 16.7. The average Bonchev–Trinajstić information content (AvgIpc) is 2.82. The highest BCUT2D eigenvalue weighted by atomic mass is 16.5. The molecule has 0 amide bonds. The SMILES string of the molecule is COc1cccc2c(NCc3ccccn3)nc(N3CCNc4ccccc43)nc12. The van der Waals surface area contributed by atoms with E-state index in [9.17, 15) is 0 Å². The normalized spacial score (nSPS) is 12.9. The highest BCUT2D eigenvalue weighted by molar-refractivity contribution is 5.94. The molecule has 4 aromatic rings. The fraction of sp³-hybridized carbons (Fsp3) is 0.174. The van der Waals surface area contributed by atoms with Gasteiger partial charge in [0.2, 0.25) is 5.95 Å². The van der Waals surface area contributed by atoms with Crippen molar-refractivity contribution in [3.05, 3.63) is 72.6 Å². The predicted molar refractivity (Wildman–Crippen MR) is 120 cm³/mol. The largest absolute Gasteiger partial charge is 0.494 e. The second-order valence-corrected chi connectivity index (χ2v) is 7.00. The van der Waals surface area contributed by atoms with Crippen molar-refractivity contribution in [2.75, 3.05) is 35.7 Å². The van der Waals surface area contributed by atoms with Crippen LogP contribution in [0.25, 0.3) is 10.9 Å². The van der Waals surface area contributed by atoms with E-state index in [2.05, 4.69) is 32.7 Å². The van der Waals surface area contributed by atoms with Crippen LogP contribution >= 0.6 is 0 Å². The second-order valence-electron chi connectivity index (χ2n) is 7.00. The number of hydrogen-bond acceptors (Lipinski definition) is 7. The number of para-hydroxylation sites is 3. The molecular formula is C23H22N6O. The molecular weight excluding hydrogens is 376 g/mol. The molecule has 1 aliphatic rings. The molecule has 1 aliphatic heterocycles. The summed E-state index contributed by atoms with van der Waals surface area (Å²) in [6.45, 7) is 2.17. The maximum atomic E-state index is 5.60. The summed E-state index contributed by atoms with van der Waals surface area (Å²) in [6.07, 6.45) is 1.79. The minimum atomic E-state index is 0.571. The molecule has 2 aromatic carbocycles. The molecule has 150 valence electrons. The Labute approximate surface area is 174 Å². The highest BCUT2D eigenvalue weighted by Crippen LogP contribution is 2.36. The average molecular weight is 398 g/mol. The molecule has 0 atom stereocenters. The van der Waals surface area contributed by atoms with E-state index in [0.29, 0.717) is 12.5 Å². The molecule has 0 bridgehead atoms. The van der Waals surface area contributed by atoms with E-state index in [1.807, 2.05) is 48.5 Å². The molecule has 0 saturated heterocycles. The number of ether oxygens (including phenoxy) is 1. The Morgan fingerprint density at radius 3 is 2.80 bits per heavy atom. The van der Waals surface area contributed by atoms with Crippen LogP contribution in [0.1, 0.15) is 5.69 Å². The van der Waals surface area contributed by atoms with Crippen LogP contribution in [0.15, 0.2) is 66.9 Å². The molecule has 7 nitrogen and oxygen atoms in total. The van der Waals surface area contributed by atoms with Crippen LogP contribution in [0.4, 0.5) is 23.1 Å². The van der Waals surface area contributed by atoms with Crippen LogP contribution in [0.5, 0.6) is 5.75 Å². The number of methoxy groups -OCH3 is 1. The minimum absolute atomic E-state index is 0.571. The minimum Gasteiger partial charge on any atom is -0.494 e. The molecule has 3 heterocycles. The quantitative estimate of drug-likeness (QED) is 0.522. The third-order valence-corrected chi connectivity index (χ3v) is 5.15. The smallest absolute Gasteiger partial charge is 0.232 e. The lowest BCUT2D eigenvalue weighted by Crippen LogP contribution is -2.31. The molecule has 0 unspecified atom stereocenters. The van der Waals surface area contributed by atoms with Crippen molar-refractivity contribution in [2.24, 2.45) is 0 Å². The van der Waals surface area contributed by atoms with E-state index >= 15 is 0 Å². The summed E-state index contributed by atoms with van der Waals surface area (Å²) < 4.78 is 5.60. The molecule has 0 fully saturated rings. The van der Waals surface area contributed by atoms with E-state index in [-0.39, 0.29) is 0 Å². The Morgan fingerprint density at radius 1 is 1.03 bits per heavy atom. The van der Waals surface area contributed by atoms with Gasteiger partial charge in [0.1, 0.15) is 17.1 Å². The Kier molecular flexibility index (Phi) is 4.77. The van der Waals surface area contributed by atoms with Gasteiger partial charge in [-0.15, -0.1) is 0 Å². The third-order valence-electron chi connectivity index (χ3n) is 5.15. The van der Waals surface area contributed by atoms with Gasteiger partial charge in [0.25, 0.3) is 0 Å². The number of hydrogen-bond donors (Lipinski definition) is 2. The van der Waals surface area contributed by atoms with Gasteiger partial charge in [-0.05, 0) is 36.4 Å². The Balaban J connectivity index is 1.61. The van der Waals surface area contributed by atoms with Gasteiger partial charge in [0.05, 0.1) is 30.7 Å². The first-order chi connectivity index (χ1) is 14.8. The summed E-state index contributed by atoms with van der Waals surface area (Å²) in [4.78, 5) is 16.3. The maximum Gasteiger partial charge on any atom is 0.232 e. The zero-order valence-corrected chi connectivity index (χ0v) is 16.7. The molecule has 2 N–H and O–H groups in total. The molecule has 5 rings (SSSR count). The lowest BCUT2D eigenvalue weighted by atomic mass is 10.2. The molecule has 0 radical (unpaired) electrons. The first kappa shape index (κ1) is 18.2. The van der Waals surface area contributed by atoms with Crippen LogP contribution in [-0.2, 0) is 6.54 Å². The first-order valence-electron chi connectivity index (χ1n) is 9.92.